The van der Waals surface area contributed by atoms with Gasteiger partial charge in [0, 0.05) is 69.0 Å². The molecule has 0 radical (unpaired) electrons. The Morgan fingerprint density at radius 1 is 1.02 bits per heavy atom. The van der Waals surface area contributed by atoms with E-state index in [9.17, 15) is 19.5 Å². The number of imide groups is 1. The topological polar surface area (TPSA) is 155 Å². The van der Waals surface area contributed by atoms with Gasteiger partial charge >= 0.3 is 5.69 Å². The van der Waals surface area contributed by atoms with Crippen LogP contribution in [0.1, 0.15) is 58.6 Å². The van der Waals surface area contributed by atoms with Crippen molar-refractivity contribution in [2.75, 3.05) is 28.2 Å². The summed E-state index contributed by atoms with van der Waals surface area (Å²) in [5.74, 6) is 0.0271. The molecule has 0 aliphatic carbocycles. The van der Waals surface area contributed by atoms with Crippen molar-refractivity contribution in [1.82, 2.24) is 34.2 Å². The number of piperazine rings is 1. The van der Waals surface area contributed by atoms with E-state index < -0.39 is 11.5 Å². The molecule has 3 aromatic heterocycles. The van der Waals surface area contributed by atoms with Crippen molar-refractivity contribution in [3.8, 4) is 0 Å². The van der Waals surface area contributed by atoms with E-state index in [2.05, 4.69) is 51.4 Å². The first-order chi connectivity index (χ1) is 24.2. The van der Waals surface area contributed by atoms with Crippen LogP contribution in [-0.4, -0.2) is 76.6 Å². The number of aryl methyl sites for hydroxylation is 3. The van der Waals surface area contributed by atoms with Gasteiger partial charge in [-0.1, -0.05) is 11.6 Å². The Labute approximate surface area is 300 Å². The van der Waals surface area contributed by atoms with Gasteiger partial charge in [0.25, 0.3) is 0 Å². The number of nitrogens with zero attached hydrogens (tertiary/aromatic N) is 8. The van der Waals surface area contributed by atoms with Crippen LogP contribution in [0.2, 0.25) is 5.02 Å². The molecule has 2 saturated heterocycles. The normalized spacial score (nSPS) is 20.0. The molecule has 2 amide bonds. The Morgan fingerprint density at radius 3 is 2.47 bits per heavy atom. The number of imidazole rings is 1. The zero-order valence-corrected chi connectivity index (χ0v) is 30.4. The van der Waals surface area contributed by atoms with Crippen LogP contribution in [0.25, 0.3) is 21.9 Å². The minimum absolute atomic E-state index is 0.0509. The van der Waals surface area contributed by atoms with E-state index in [0.29, 0.717) is 54.0 Å². The van der Waals surface area contributed by atoms with Crippen molar-refractivity contribution in [3.63, 3.8) is 0 Å². The summed E-state index contributed by atoms with van der Waals surface area (Å²) in [5, 5.41) is 22.1. The SMILES string of the molecule is C[C@@H]1CN(c2ccc3c(C4CCC(=O)NC4=O)nn(C)c3c2)C[C@H](C)N1c1ncc(Cl)c(Nc2ccc3c(c2)n(CCC(C)(C)O)c(=O)n3C)n1. The number of aromatic nitrogens is 6. The van der Waals surface area contributed by atoms with Gasteiger partial charge in [-0.3, -0.25) is 28.7 Å². The predicted octanol–water partition coefficient (Wildman–Crippen LogP) is 4.20. The first-order valence-corrected chi connectivity index (χ1v) is 17.6. The average molecular weight is 715 g/mol. The number of nitrogens with one attached hydrogen (secondary N) is 2. The first-order valence-electron chi connectivity index (χ1n) is 17.2. The quantitative estimate of drug-likeness (QED) is 0.199. The number of hydrogen-bond acceptors (Lipinski definition) is 10. The summed E-state index contributed by atoms with van der Waals surface area (Å²) in [5.41, 5.74) is 3.87. The van der Waals surface area contributed by atoms with E-state index >= 15 is 0 Å². The van der Waals surface area contributed by atoms with E-state index in [1.807, 2.05) is 36.0 Å². The maximum absolute atomic E-state index is 13.0. The standard InChI is InChI=1S/C36H43ClN10O4/c1-20-18-45(23-8-9-24-28(16-23)44(6)42-31(24)25-10-12-30(48)40-33(25)49)19-21(2)47(20)34-38-17-26(37)32(41-34)39-22-7-11-27-29(15-22)46(35(50)43(27)5)14-13-36(3,4)51/h7-9,11,15-17,20-21,25,51H,10,12-14,18-19H2,1-6H3,(H,38,39,41)(H,40,48,49)/t20-,21+,25?. The molecule has 15 heteroatoms. The van der Waals surface area contributed by atoms with Crippen molar-refractivity contribution in [2.24, 2.45) is 14.1 Å². The number of benzene rings is 2. The Kier molecular flexibility index (Phi) is 8.78. The Bertz CT molecular complexity index is 2220. The monoisotopic (exact) mass is 714 g/mol. The van der Waals surface area contributed by atoms with E-state index in [0.717, 1.165) is 40.7 Å². The largest absolute Gasteiger partial charge is 0.390 e. The van der Waals surface area contributed by atoms with Gasteiger partial charge in [0.05, 0.1) is 40.0 Å². The van der Waals surface area contributed by atoms with Gasteiger partial charge in [-0.2, -0.15) is 10.1 Å². The molecule has 2 aliphatic heterocycles. The molecule has 2 aromatic carbocycles. The fourth-order valence-corrected chi connectivity index (χ4v) is 7.54. The van der Waals surface area contributed by atoms with Gasteiger partial charge in [0.2, 0.25) is 17.8 Å². The second kappa shape index (κ2) is 13.0. The molecule has 0 spiro atoms. The van der Waals surface area contributed by atoms with Crippen molar-refractivity contribution in [1.29, 1.82) is 0 Å². The van der Waals surface area contributed by atoms with Gasteiger partial charge in [-0.25, -0.2) is 9.78 Å². The second-order valence-electron chi connectivity index (χ2n) is 14.5. The Hall–Kier alpha value is -4.95. The van der Waals surface area contributed by atoms with Crippen LogP contribution in [0.5, 0.6) is 0 Å². The summed E-state index contributed by atoms with van der Waals surface area (Å²) < 4.78 is 5.09. The Balaban J connectivity index is 1.10. The lowest BCUT2D eigenvalue weighted by atomic mass is 9.92. The molecular weight excluding hydrogens is 672 g/mol. The van der Waals surface area contributed by atoms with Crippen LogP contribution in [-0.2, 0) is 30.2 Å². The number of anilines is 4. The lowest BCUT2D eigenvalue weighted by Gasteiger charge is -2.45. The Morgan fingerprint density at radius 2 is 1.76 bits per heavy atom. The fourth-order valence-electron chi connectivity index (χ4n) is 7.41. The molecule has 7 rings (SSSR count). The molecule has 5 heterocycles. The molecule has 51 heavy (non-hydrogen) atoms. The average Bonchev–Trinajstić information content (AvgIpc) is 3.52. The molecule has 268 valence electrons. The summed E-state index contributed by atoms with van der Waals surface area (Å²) in [6, 6.07) is 12.0. The smallest absolute Gasteiger partial charge is 0.328 e. The third-order valence-corrected chi connectivity index (χ3v) is 10.3. The van der Waals surface area contributed by atoms with Crippen LogP contribution in [0, 0.1) is 0 Å². The van der Waals surface area contributed by atoms with E-state index in [-0.39, 0.29) is 29.6 Å². The number of aliphatic hydroxyl groups is 1. The van der Waals surface area contributed by atoms with Crippen LogP contribution in [0.15, 0.2) is 47.4 Å². The molecule has 2 aliphatic rings. The zero-order chi connectivity index (χ0) is 36.4. The third kappa shape index (κ3) is 6.53. The van der Waals surface area contributed by atoms with E-state index in [4.69, 9.17) is 21.7 Å². The minimum atomic E-state index is -0.904. The molecule has 1 unspecified atom stereocenters. The summed E-state index contributed by atoms with van der Waals surface area (Å²) in [6.45, 7) is 9.57. The molecule has 14 nitrogen and oxygen atoms in total. The fraction of sp³-hybridized carbons (Fsp3) is 0.444. The number of piperidine rings is 1. The van der Waals surface area contributed by atoms with Gasteiger partial charge in [0.1, 0.15) is 5.02 Å². The molecule has 3 atom stereocenters. The van der Waals surface area contributed by atoms with Crippen LogP contribution >= 0.6 is 11.6 Å². The van der Waals surface area contributed by atoms with Gasteiger partial charge in [0.15, 0.2) is 5.82 Å². The van der Waals surface area contributed by atoms with Gasteiger partial charge in [-0.05, 0) is 76.9 Å². The van der Waals surface area contributed by atoms with Gasteiger partial charge in [-0.15, -0.1) is 0 Å². The molecule has 0 bridgehead atoms. The van der Waals surface area contributed by atoms with Gasteiger partial charge < -0.3 is 20.2 Å². The highest BCUT2D eigenvalue weighted by Gasteiger charge is 2.34. The molecule has 3 N–H and O–H groups in total. The maximum Gasteiger partial charge on any atom is 0.328 e. The minimum Gasteiger partial charge on any atom is -0.390 e. The zero-order valence-electron chi connectivity index (χ0n) is 29.6. The van der Waals surface area contributed by atoms with Crippen molar-refractivity contribution < 1.29 is 14.7 Å². The lowest BCUT2D eigenvalue weighted by Crippen LogP contribution is -2.57. The number of hydrogen-bond donors (Lipinski definition) is 3. The highest BCUT2D eigenvalue weighted by molar-refractivity contribution is 6.33. The number of fused-ring (bicyclic) bond motifs is 2. The summed E-state index contributed by atoms with van der Waals surface area (Å²) in [7, 11) is 3.62. The van der Waals surface area contributed by atoms with Crippen LogP contribution in [0.4, 0.5) is 23.1 Å². The van der Waals surface area contributed by atoms with Crippen molar-refractivity contribution >= 4 is 68.5 Å². The predicted molar refractivity (Wildman–Crippen MR) is 198 cm³/mol. The number of halogens is 1. The molecular formula is C36H43ClN10O4. The number of carbonyl (C=O) groups excluding carboxylic acids is 2. The molecule has 2 fully saturated rings. The number of amides is 2. The summed E-state index contributed by atoms with van der Waals surface area (Å²) in [4.78, 5) is 51.4. The number of carbonyl (C=O) groups is 2. The van der Waals surface area contributed by atoms with Crippen LogP contribution < -0.4 is 26.1 Å². The maximum atomic E-state index is 13.0. The summed E-state index contributed by atoms with van der Waals surface area (Å²) >= 11 is 6.62. The highest BCUT2D eigenvalue weighted by Crippen LogP contribution is 2.34. The van der Waals surface area contributed by atoms with E-state index in [1.54, 1.807) is 36.2 Å². The van der Waals surface area contributed by atoms with Crippen molar-refractivity contribution in [3.05, 3.63) is 63.8 Å². The number of rotatable bonds is 8. The van der Waals surface area contributed by atoms with Crippen molar-refractivity contribution in [2.45, 2.75) is 77.1 Å². The molecule has 0 saturated carbocycles. The second-order valence-corrected chi connectivity index (χ2v) is 14.9. The molecule has 5 aromatic rings. The third-order valence-electron chi connectivity index (χ3n) is 10.0. The van der Waals surface area contributed by atoms with Crippen LogP contribution in [0.3, 0.4) is 0 Å². The first kappa shape index (κ1) is 34.5. The van der Waals surface area contributed by atoms with E-state index in [1.165, 1.54) is 0 Å². The lowest BCUT2D eigenvalue weighted by molar-refractivity contribution is -0.134. The summed E-state index contributed by atoms with van der Waals surface area (Å²) in [6.07, 6.45) is 2.79. The highest BCUT2D eigenvalue weighted by atomic mass is 35.5.